The van der Waals surface area contributed by atoms with Crippen LogP contribution in [-0.2, 0) is 22.7 Å². The molecule has 5 aliphatic rings. The number of nitriles is 1. The molecular formula is C40H38ClN5O7. The second-order valence-electron chi connectivity index (χ2n) is 15.1. The van der Waals surface area contributed by atoms with E-state index in [9.17, 15) is 24.0 Å². The quantitative estimate of drug-likeness (QED) is 0.336. The van der Waals surface area contributed by atoms with Crippen molar-refractivity contribution in [3.63, 3.8) is 0 Å². The van der Waals surface area contributed by atoms with E-state index < -0.39 is 29.7 Å². The molecule has 272 valence electrons. The average Bonchev–Trinajstić information content (AvgIpc) is 3.67. The molecular weight excluding hydrogens is 698 g/mol. The largest absolute Gasteiger partial charge is 0.490 e. The number of rotatable bonds is 7. The summed E-state index contributed by atoms with van der Waals surface area (Å²) in [7, 11) is 0. The summed E-state index contributed by atoms with van der Waals surface area (Å²) in [6.45, 7) is 6.68. The number of hydrogen-bond acceptors (Lipinski definition) is 9. The maximum absolute atomic E-state index is 13.5. The lowest BCUT2D eigenvalue weighted by Gasteiger charge is -2.50. The van der Waals surface area contributed by atoms with Crippen LogP contribution in [0.25, 0.3) is 0 Å². The molecule has 3 atom stereocenters. The van der Waals surface area contributed by atoms with Crippen molar-refractivity contribution in [1.29, 1.82) is 5.26 Å². The van der Waals surface area contributed by atoms with Crippen LogP contribution in [0.2, 0.25) is 5.02 Å². The predicted octanol–water partition coefficient (Wildman–Crippen LogP) is 4.86. The number of hydrogen-bond donors (Lipinski definition) is 1. The molecule has 1 unspecified atom stereocenters. The van der Waals surface area contributed by atoms with Gasteiger partial charge in [-0.3, -0.25) is 39.1 Å². The molecule has 1 saturated carbocycles. The average molecular weight is 736 g/mol. The van der Waals surface area contributed by atoms with Gasteiger partial charge in [0, 0.05) is 62.1 Å². The Balaban J connectivity index is 0.826. The number of halogens is 1. The highest BCUT2D eigenvalue weighted by molar-refractivity contribution is 6.31. The summed E-state index contributed by atoms with van der Waals surface area (Å²) in [5.74, 6) is -0.733. The number of fused-ring (bicyclic) bond motifs is 2. The third-order valence-corrected chi connectivity index (χ3v) is 11.9. The van der Waals surface area contributed by atoms with Crippen molar-refractivity contribution in [3.05, 3.63) is 93.0 Å². The highest BCUT2D eigenvalue weighted by Crippen LogP contribution is 2.45. The predicted molar refractivity (Wildman–Crippen MR) is 191 cm³/mol. The summed E-state index contributed by atoms with van der Waals surface area (Å²) >= 11 is 6.18. The van der Waals surface area contributed by atoms with Crippen molar-refractivity contribution >= 4 is 41.1 Å². The van der Waals surface area contributed by atoms with E-state index in [-0.39, 0.29) is 42.4 Å². The Kier molecular flexibility index (Phi) is 8.74. The molecule has 0 spiro atoms. The Morgan fingerprint density at radius 1 is 0.868 bits per heavy atom. The summed E-state index contributed by atoms with van der Waals surface area (Å²) in [6, 6.07) is 17.2. The first-order valence-electron chi connectivity index (χ1n) is 17.9. The van der Waals surface area contributed by atoms with Crippen molar-refractivity contribution in [2.75, 3.05) is 13.1 Å². The minimum absolute atomic E-state index is 0.0211. The van der Waals surface area contributed by atoms with Crippen molar-refractivity contribution in [2.45, 2.75) is 83.3 Å². The van der Waals surface area contributed by atoms with Gasteiger partial charge in [-0.05, 0) is 78.9 Å². The fraction of sp³-hybridized carbons (Fsp3) is 0.400. The molecule has 5 amide bonds. The zero-order valence-corrected chi connectivity index (χ0v) is 30.2. The maximum Gasteiger partial charge on any atom is 0.262 e. The summed E-state index contributed by atoms with van der Waals surface area (Å²) in [4.78, 5) is 69.3. The number of benzene rings is 3. The van der Waals surface area contributed by atoms with Crippen LogP contribution in [0.15, 0.2) is 54.6 Å². The minimum atomic E-state index is -0.983. The molecule has 3 aromatic rings. The second kappa shape index (κ2) is 13.3. The van der Waals surface area contributed by atoms with Gasteiger partial charge in [0.25, 0.3) is 17.7 Å². The highest BCUT2D eigenvalue weighted by Gasteiger charge is 2.52. The van der Waals surface area contributed by atoms with Gasteiger partial charge < -0.3 is 14.4 Å². The lowest BCUT2D eigenvalue weighted by atomic mass is 9.66. The molecule has 53 heavy (non-hydrogen) atoms. The van der Waals surface area contributed by atoms with Gasteiger partial charge in [-0.2, -0.15) is 5.26 Å². The molecule has 0 bridgehead atoms. The number of ether oxygens (including phenoxy) is 2. The molecule has 3 fully saturated rings. The van der Waals surface area contributed by atoms with Crippen LogP contribution in [0.1, 0.15) is 93.7 Å². The van der Waals surface area contributed by atoms with E-state index in [1.54, 1.807) is 30.3 Å². The van der Waals surface area contributed by atoms with Gasteiger partial charge in [0.05, 0.1) is 21.7 Å². The summed E-state index contributed by atoms with van der Waals surface area (Å²) in [6.07, 6.45) is 2.34. The Hall–Kier alpha value is -5.25. The third kappa shape index (κ3) is 6.21. The standard InChI is InChI=1S/C40H38ClN5O7/c1-40(2)33(18-34(40)53-28-8-5-23(19-42)31(41)17-28)52-27-6-3-22(4-7-27)37(49)44-13-11-26(12-14-44)45-20-24-15-29-30(16-25(24)21-45)39(51)46(38(29)50)32-9-10-35(47)43-36(32)48/h3-8,15-17,26,32-34H,9-14,18,20-21H2,1-2H3,(H,43,47,48)/t32?,33-,34-/m0/s1. The number of piperidine rings is 2. The zero-order valence-electron chi connectivity index (χ0n) is 29.4. The van der Waals surface area contributed by atoms with E-state index in [0.29, 0.717) is 71.4 Å². The molecule has 13 heteroatoms. The van der Waals surface area contributed by atoms with Crippen LogP contribution >= 0.6 is 11.6 Å². The molecule has 12 nitrogen and oxygen atoms in total. The topological polar surface area (TPSA) is 149 Å². The Bertz CT molecular complexity index is 2060. The molecule has 1 aliphatic carbocycles. The molecule has 4 heterocycles. The van der Waals surface area contributed by atoms with E-state index in [1.807, 2.05) is 29.2 Å². The number of carbonyl (C=O) groups excluding carboxylic acids is 5. The molecule has 2 saturated heterocycles. The third-order valence-electron chi connectivity index (χ3n) is 11.6. The van der Waals surface area contributed by atoms with Crippen molar-refractivity contribution < 1.29 is 33.4 Å². The van der Waals surface area contributed by atoms with E-state index in [1.165, 1.54) is 0 Å². The van der Waals surface area contributed by atoms with Crippen LogP contribution in [0, 0.1) is 16.7 Å². The smallest absolute Gasteiger partial charge is 0.262 e. The van der Waals surface area contributed by atoms with Crippen LogP contribution in [0.3, 0.4) is 0 Å². The monoisotopic (exact) mass is 735 g/mol. The van der Waals surface area contributed by atoms with Gasteiger partial charge in [-0.1, -0.05) is 25.4 Å². The number of nitrogens with one attached hydrogen (secondary N) is 1. The minimum Gasteiger partial charge on any atom is -0.490 e. The van der Waals surface area contributed by atoms with Gasteiger partial charge in [0.2, 0.25) is 11.8 Å². The van der Waals surface area contributed by atoms with Gasteiger partial charge >= 0.3 is 0 Å². The number of carbonyl (C=O) groups is 5. The molecule has 1 N–H and O–H groups in total. The van der Waals surface area contributed by atoms with E-state index >= 15 is 0 Å². The lowest BCUT2D eigenvalue weighted by molar-refractivity contribution is -0.136. The summed E-state index contributed by atoms with van der Waals surface area (Å²) in [5.41, 5.74) is 3.31. The SMILES string of the molecule is CC1(C)[C@@H](Oc2ccc(C(=O)N3CCC(N4Cc5cc6c(cc5C4)C(=O)N(C4CCC(=O)NC4=O)C6=O)CC3)cc2)C[C@@H]1Oc1ccc(C#N)c(Cl)c1. The highest BCUT2D eigenvalue weighted by atomic mass is 35.5. The summed E-state index contributed by atoms with van der Waals surface area (Å²) in [5, 5.41) is 11.7. The Morgan fingerprint density at radius 3 is 2.04 bits per heavy atom. The van der Waals surface area contributed by atoms with Crippen molar-refractivity contribution in [1.82, 2.24) is 20.0 Å². The summed E-state index contributed by atoms with van der Waals surface area (Å²) < 4.78 is 12.5. The Labute approximate surface area is 311 Å². The normalized spacial score (nSPS) is 23.9. The van der Waals surface area contributed by atoms with Crippen molar-refractivity contribution in [2.24, 2.45) is 5.41 Å². The molecule has 0 radical (unpaired) electrons. The first kappa shape index (κ1) is 34.8. The molecule has 8 rings (SSSR count). The van der Waals surface area contributed by atoms with E-state index in [4.69, 9.17) is 26.3 Å². The first-order valence-corrected chi connectivity index (χ1v) is 18.3. The number of likely N-dealkylation sites (tertiary alicyclic amines) is 1. The van der Waals surface area contributed by atoms with Crippen LogP contribution in [0.4, 0.5) is 0 Å². The van der Waals surface area contributed by atoms with Crippen LogP contribution in [-0.4, -0.2) is 81.6 Å². The number of imide groups is 2. The first-order chi connectivity index (χ1) is 25.4. The fourth-order valence-electron chi connectivity index (χ4n) is 8.18. The number of amides is 5. The van der Waals surface area contributed by atoms with E-state index in [0.717, 1.165) is 28.9 Å². The number of nitrogens with zero attached hydrogens (tertiary/aromatic N) is 4. The van der Waals surface area contributed by atoms with Crippen LogP contribution < -0.4 is 14.8 Å². The second-order valence-corrected chi connectivity index (χ2v) is 15.5. The fourth-order valence-corrected chi connectivity index (χ4v) is 8.40. The van der Waals surface area contributed by atoms with Gasteiger partial charge in [-0.15, -0.1) is 0 Å². The van der Waals surface area contributed by atoms with Crippen LogP contribution in [0.5, 0.6) is 11.5 Å². The van der Waals surface area contributed by atoms with Gasteiger partial charge in [0.1, 0.15) is 35.8 Å². The molecule has 0 aromatic heterocycles. The van der Waals surface area contributed by atoms with E-state index in [2.05, 4.69) is 30.1 Å². The molecule has 3 aromatic carbocycles. The van der Waals surface area contributed by atoms with Gasteiger partial charge in [0.15, 0.2) is 0 Å². The van der Waals surface area contributed by atoms with Crippen molar-refractivity contribution in [3.8, 4) is 17.6 Å². The zero-order chi connectivity index (χ0) is 37.2. The maximum atomic E-state index is 13.5. The Morgan fingerprint density at radius 2 is 1.47 bits per heavy atom. The lowest BCUT2D eigenvalue weighted by Crippen LogP contribution is -2.58. The molecule has 4 aliphatic heterocycles. The van der Waals surface area contributed by atoms with Gasteiger partial charge in [-0.25, -0.2) is 0 Å².